The monoisotopic (exact) mass is 468 g/mol. The molecule has 0 aromatic heterocycles. The summed E-state index contributed by atoms with van der Waals surface area (Å²) in [6.45, 7) is 5.56. The molecule has 6 rings (SSSR count). The maximum atomic E-state index is 14.4. The highest BCUT2D eigenvalue weighted by molar-refractivity contribution is 5.91. The number of carboxylic acids is 1. The van der Waals surface area contributed by atoms with Crippen molar-refractivity contribution in [2.75, 3.05) is 0 Å². The van der Waals surface area contributed by atoms with Crippen LogP contribution in [0.3, 0.4) is 0 Å². The summed E-state index contributed by atoms with van der Waals surface area (Å²) in [7, 11) is 0. The predicted octanol–water partition coefficient (Wildman–Crippen LogP) is 5.08. The average molecular weight is 469 g/mol. The molecule has 1 aromatic carbocycles. The van der Waals surface area contributed by atoms with Gasteiger partial charge in [0.25, 0.3) is 0 Å². The van der Waals surface area contributed by atoms with Crippen molar-refractivity contribution in [2.24, 2.45) is 28.6 Å². The Labute approximate surface area is 201 Å². The minimum Gasteiger partial charge on any atom is -0.479 e. The largest absolute Gasteiger partial charge is 0.479 e. The van der Waals surface area contributed by atoms with Crippen LogP contribution in [0.2, 0.25) is 0 Å². The smallest absolute Gasteiger partial charge is 0.330 e. The second-order valence-corrected chi connectivity index (χ2v) is 12.3. The van der Waals surface area contributed by atoms with Gasteiger partial charge in [-0.15, -0.1) is 0 Å². The molecule has 1 aliphatic heterocycles. The number of hydrogen-bond donors (Lipinski definition) is 1. The lowest BCUT2D eigenvalue weighted by molar-refractivity contribution is -0.542. The highest BCUT2D eigenvalue weighted by atomic mass is 16.6. The van der Waals surface area contributed by atoms with Gasteiger partial charge < -0.3 is 10.0 Å². The summed E-state index contributed by atoms with van der Waals surface area (Å²) in [4.78, 5) is 42.0. The first kappa shape index (κ1) is 23.3. The van der Waals surface area contributed by atoms with Crippen LogP contribution in [0.5, 0.6) is 0 Å². The third-order valence-corrected chi connectivity index (χ3v) is 9.56. The fraction of sp³-hybridized carbons (Fsp3) is 0.704. The molecular formula is C27H36N2O5. The third-order valence-electron chi connectivity index (χ3n) is 9.56. The molecule has 5 fully saturated rings. The Hall–Kier alpha value is -2.44. The van der Waals surface area contributed by atoms with Gasteiger partial charge in [-0.3, -0.25) is 14.9 Å². The van der Waals surface area contributed by atoms with Gasteiger partial charge in [-0.1, -0.05) is 70.4 Å². The Kier molecular flexibility index (Phi) is 5.34. The van der Waals surface area contributed by atoms with Crippen LogP contribution < -0.4 is 0 Å². The van der Waals surface area contributed by atoms with E-state index in [2.05, 4.69) is 0 Å². The van der Waals surface area contributed by atoms with Gasteiger partial charge in [-0.25, -0.2) is 4.79 Å². The minimum absolute atomic E-state index is 0.202. The summed E-state index contributed by atoms with van der Waals surface area (Å²) in [5, 5.41) is 23.9. The van der Waals surface area contributed by atoms with Crippen molar-refractivity contribution >= 4 is 11.9 Å². The zero-order valence-corrected chi connectivity index (χ0v) is 20.4. The topological polar surface area (TPSA) is 101 Å². The fourth-order valence-electron chi connectivity index (χ4n) is 8.16. The van der Waals surface area contributed by atoms with Gasteiger partial charge in [-0.2, -0.15) is 0 Å². The molecule has 1 saturated heterocycles. The van der Waals surface area contributed by atoms with Crippen LogP contribution >= 0.6 is 0 Å². The molecule has 7 heteroatoms. The van der Waals surface area contributed by atoms with E-state index in [9.17, 15) is 24.8 Å². The fourth-order valence-corrected chi connectivity index (χ4v) is 8.16. The van der Waals surface area contributed by atoms with Gasteiger partial charge in [0, 0.05) is 10.8 Å². The van der Waals surface area contributed by atoms with E-state index in [1.54, 1.807) is 4.90 Å². The van der Waals surface area contributed by atoms with E-state index in [0.717, 1.165) is 51.4 Å². The minimum atomic E-state index is -1.65. The lowest BCUT2D eigenvalue weighted by atomic mass is 9.36. The molecule has 2 bridgehead atoms. The Morgan fingerprint density at radius 1 is 1.06 bits per heavy atom. The molecule has 5 aliphatic rings. The maximum Gasteiger partial charge on any atom is 0.330 e. The number of aliphatic carboxylic acids is 1. The standard InChI is InChI=1S/C27H36N2O5/c1-25(2,3)27(24(31)32)22(26-14-17(15-26)16-26)21(29(33)34)20(18-10-6-4-7-11-18)28(27)23(30)19-12-8-5-9-13-19/h4,6-7,10-11,17,19-22H,5,8-9,12-16H2,1-3H3,(H,31,32)/t17?,20-,21+,22-,26?,27+/m0/s1. The normalized spacial score (nSPS) is 37.6. The van der Waals surface area contributed by atoms with E-state index >= 15 is 0 Å². The molecular weight excluding hydrogens is 432 g/mol. The number of nitrogens with zero attached hydrogens (tertiary/aromatic N) is 2. The molecule has 1 aromatic rings. The van der Waals surface area contributed by atoms with Crippen LogP contribution in [0, 0.1) is 38.7 Å². The molecule has 184 valence electrons. The second kappa shape index (κ2) is 7.79. The average Bonchev–Trinajstić information content (AvgIpc) is 3.05. The third kappa shape index (κ3) is 3.01. The van der Waals surface area contributed by atoms with Crippen molar-refractivity contribution in [3.8, 4) is 0 Å². The SMILES string of the molecule is CC(C)(C)[C@]1(C(=O)O)[C@H](C23CC(C2)C3)[C@H]([N+](=O)[O-])[C@H](c2ccccc2)N1C(=O)C1CCCCC1. The van der Waals surface area contributed by atoms with Crippen LogP contribution in [0.25, 0.3) is 0 Å². The molecule has 0 spiro atoms. The number of amides is 1. The number of hydrogen-bond acceptors (Lipinski definition) is 4. The van der Waals surface area contributed by atoms with Crippen LogP contribution in [-0.4, -0.2) is 38.4 Å². The number of carbonyl (C=O) groups excluding carboxylic acids is 1. The molecule has 4 aliphatic carbocycles. The zero-order valence-electron chi connectivity index (χ0n) is 20.4. The lowest BCUT2D eigenvalue weighted by Gasteiger charge is -2.68. The van der Waals surface area contributed by atoms with E-state index in [1.807, 2.05) is 51.1 Å². The molecule has 4 atom stereocenters. The van der Waals surface area contributed by atoms with Crippen LogP contribution in [0.15, 0.2) is 30.3 Å². The van der Waals surface area contributed by atoms with E-state index in [4.69, 9.17) is 0 Å². The first-order valence-electron chi connectivity index (χ1n) is 12.8. The number of carbonyl (C=O) groups is 2. The van der Waals surface area contributed by atoms with Gasteiger partial charge >= 0.3 is 5.97 Å². The number of carboxylic acid groups (broad SMARTS) is 1. The van der Waals surface area contributed by atoms with E-state index in [1.165, 1.54) is 0 Å². The molecule has 1 amide bonds. The number of likely N-dealkylation sites (tertiary alicyclic amines) is 1. The summed E-state index contributed by atoms with van der Waals surface area (Å²) in [6.07, 6.45) is 6.88. The van der Waals surface area contributed by atoms with Gasteiger partial charge in [0.15, 0.2) is 5.54 Å². The number of benzene rings is 1. The molecule has 1 N–H and O–H groups in total. The first-order chi connectivity index (χ1) is 16.0. The van der Waals surface area contributed by atoms with Gasteiger partial charge in [0.1, 0.15) is 6.04 Å². The highest BCUT2D eigenvalue weighted by Crippen LogP contribution is 2.75. The first-order valence-corrected chi connectivity index (χ1v) is 12.8. The van der Waals surface area contributed by atoms with Gasteiger partial charge in [-0.05, 0) is 54.4 Å². The maximum absolute atomic E-state index is 14.4. The van der Waals surface area contributed by atoms with Crippen LogP contribution in [0.1, 0.15) is 83.7 Å². The molecule has 0 unspecified atom stereocenters. The molecule has 4 saturated carbocycles. The van der Waals surface area contributed by atoms with Gasteiger partial charge in [0.2, 0.25) is 11.9 Å². The van der Waals surface area contributed by atoms with Crippen molar-refractivity contribution in [1.29, 1.82) is 0 Å². The van der Waals surface area contributed by atoms with Crippen LogP contribution in [-0.2, 0) is 9.59 Å². The summed E-state index contributed by atoms with van der Waals surface area (Å²) in [6, 6.07) is 7.10. The Bertz CT molecular complexity index is 979. The lowest BCUT2D eigenvalue weighted by Crippen LogP contribution is -2.72. The molecule has 0 radical (unpaired) electrons. The molecule has 1 heterocycles. The van der Waals surface area contributed by atoms with E-state index < -0.39 is 34.9 Å². The summed E-state index contributed by atoms with van der Waals surface area (Å²) in [5.41, 5.74) is -2.24. The second-order valence-electron chi connectivity index (χ2n) is 12.3. The summed E-state index contributed by atoms with van der Waals surface area (Å²) < 4.78 is 0. The predicted molar refractivity (Wildman–Crippen MR) is 126 cm³/mol. The van der Waals surface area contributed by atoms with Gasteiger partial charge in [0.05, 0.1) is 5.92 Å². The number of nitro groups is 1. The van der Waals surface area contributed by atoms with E-state index in [-0.39, 0.29) is 22.2 Å². The van der Waals surface area contributed by atoms with Crippen molar-refractivity contribution in [2.45, 2.75) is 89.8 Å². The van der Waals surface area contributed by atoms with Crippen molar-refractivity contribution in [1.82, 2.24) is 4.90 Å². The van der Waals surface area contributed by atoms with Crippen molar-refractivity contribution < 1.29 is 19.6 Å². The van der Waals surface area contributed by atoms with Crippen LogP contribution in [0.4, 0.5) is 0 Å². The Morgan fingerprint density at radius 2 is 1.65 bits per heavy atom. The molecule has 34 heavy (non-hydrogen) atoms. The highest BCUT2D eigenvalue weighted by Gasteiger charge is 2.81. The summed E-state index contributed by atoms with van der Waals surface area (Å²) in [5.74, 6) is -1.76. The zero-order chi connectivity index (χ0) is 24.5. The Morgan fingerprint density at radius 3 is 2.09 bits per heavy atom. The summed E-state index contributed by atoms with van der Waals surface area (Å²) >= 11 is 0. The quantitative estimate of drug-likeness (QED) is 0.480. The Balaban J connectivity index is 1.77. The number of rotatable bonds is 5. The van der Waals surface area contributed by atoms with Crippen molar-refractivity contribution in [3.63, 3.8) is 0 Å². The van der Waals surface area contributed by atoms with E-state index in [0.29, 0.717) is 11.5 Å². The molecule has 7 nitrogen and oxygen atoms in total. The van der Waals surface area contributed by atoms with Crippen molar-refractivity contribution in [3.05, 3.63) is 46.0 Å².